The minimum atomic E-state index is -0.922. The van der Waals surface area contributed by atoms with E-state index in [1.807, 2.05) is 13.0 Å². The summed E-state index contributed by atoms with van der Waals surface area (Å²) in [5.41, 5.74) is 1.74. The van der Waals surface area contributed by atoms with Gasteiger partial charge < -0.3 is 10.1 Å². The molecule has 0 amide bonds. The summed E-state index contributed by atoms with van der Waals surface area (Å²) in [6.07, 6.45) is 3.62. The third kappa shape index (κ3) is 1.95. The summed E-state index contributed by atoms with van der Waals surface area (Å²) >= 11 is 0. The number of piperidine rings is 1. The minimum Gasteiger partial charge on any atom is -0.478 e. The van der Waals surface area contributed by atoms with Crippen LogP contribution in [0.25, 0.3) is 11.0 Å². The van der Waals surface area contributed by atoms with Crippen molar-refractivity contribution in [1.29, 1.82) is 0 Å². The first-order valence-electron chi connectivity index (χ1n) is 6.65. The summed E-state index contributed by atoms with van der Waals surface area (Å²) in [4.78, 5) is 15.7. The van der Waals surface area contributed by atoms with E-state index in [0.717, 1.165) is 24.4 Å². The lowest BCUT2D eigenvalue weighted by molar-refractivity contribution is 0.0699. The molecule has 0 atom stereocenters. The largest absolute Gasteiger partial charge is 0.478 e. The van der Waals surface area contributed by atoms with Crippen LogP contribution in [0.2, 0.25) is 0 Å². The van der Waals surface area contributed by atoms with Gasteiger partial charge in [0.25, 0.3) is 0 Å². The summed E-state index contributed by atoms with van der Waals surface area (Å²) in [6.45, 7) is 3.94. The molecule has 5 nitrogen and oxygen atoms in total. The zero-order valence-electron chi connectivity index (χ0n) is 11.0. The molecular formula is C14H17N3O2. The molecule has 2 heterocycles. The van der Waals surface area contributed by atoms with Gasteiger partial charge in [-0.25, -0.2) is 14.5 Å². The van der Waals surface area contributed by atoms with Crippen molar-refractivity contribution in [2.24, 2.45) is 0 Å². The van der Waals surface area contributed by atoms with Crippen molar-refractivity contribution in [3.63, 3.8) is 0 Å². The molecule has 5 heteroatoms. The molecule has 1 N–H and O–H groups in total. The first-order chi connectivity index (χ1) is 9.18. The number of carboxylic acids is 1. The molecule has 19 heavy (non-hydrogen) atoms. The highest BCUT2D eigenvalue weighted by atomic mass is 16.4. The molecule has 1 aromatic heterocycles. The maximum Gasteiger partial charge on any atom is 0.337 e. The summed E-state index contributed by atoms with van der Waals surface area (Å²) < 4.78 is 2.07. The second-order valence-electron chi connectivity index (χ2n) is 4.96. The molecule has 1 aliphatic rings. The molecule has 0 saturated carbocycles. The van der Waals surface area contributed by atoms with E-state index in [-0.39, 0.29) is 5.56 Å². The SMILES string of the molecule is Cc1nc2c(C(=O)O)cccc2n1N1CCCCC1. The van der Waals surface area contributed by atoms with Crippen LogP contribution in [0.15, 0.2) is 18.2 Å². The van der Waals surface area contributed by atoms with Crippen LogP contribution in [0.3, 0.4) is 0 Å². The Kier molecular flexibility index (Phi) is 2.89. The van der Waals surface area contributed by atoms with Crippen LogP contribution in [0.4, 0.5) is 0 Å². The second-order valence-corrected chi connectivity index (χ2v) is 4.96. The van der Waals surface area contributed by atoms with E-state index in [2.05, 4.69) is 14.7 Å². The molecule has 1 saturated heterocycles. The number of nitrogens with zero attached hydrogens (tertiary/aromatic N) is 3. The number of carboxylic acid groups (broad SMARTS) is 1. The molecule has 0 aliphatic carbocycles. The molecule has 2 aromatic rings. The summed E-state index contributed by atoms with van der Waals surface area (Å²) in [7, 11) is 0. The van der Waals surface area contributed by atoms with Gasteiger partial charge in [0.1, 0.15) is 11.3 Å². The fraction of sp³-hybridized carbons (Fsp3) is 0.429. The van der Waals surface area contributed by atoms with Crippen molar-refractivity contribution >= 4 is 17.0 Å². The van der Waals surface area contributed by atoms with E-state index >= 15 is 0 Å². The second kappa shape index (κ2) is 4.57. The Morgan fingerprint density at radius 3 is 2.68 bits per heavy atom. The fourth-order valence-electron chi connectivity index (χ4n) is 2.81. The quantitative estimate of drug-likeness (QED) is 0.898. The van der Waals surface area contributed by atoms with Crippen LogP contribution in [0, 0.1) is 6.92 Å². The first kappa shape index (κ1) is 12.0. The molecule has 0 unspecified atom stereocenters. The number of aryl methyl sites for hydroxylation is 1. The normalized spacial score (nSPS) is 15.9. The summed E-state index contributed by atoms with van der Waals surface area (Å²) in [5.74, 6) is -0.0699. The van der Waals surface area contributed by atoms with Crippen molar-refractivity contribution in [3.8, 4) is 0 Å². The average Bonchev–Trinajstić information content (AvgIpc) is 2.75. The highest BCUT2D eigenvalue weighted by Crippen LogP contribution is 2.22. The third-order valence-electron chi connectivity index (χ3n) is 3.67. The Balaban J connectivity index is 2.17. The van der Waals surface area contributed by atoms with Crippen LogP contribution >= 0.6 is 0 Å². The van der Waals surface area contributed by atoms with Crippen LogP contribution in [0.5, 0.6) is 0 Å². The van der Waals surface area contributed by atoms with Gasteiger partial charge in [-0.3, -0.25) is 0 Å². The lowest BCUT2D eigenvalue weighted by Crippen LogP contribution is -2.39. The lowest BCUT2D eigenvalue weighted by Gasteiger charge is -2.31. The number of rotatable bonds is 2. The van der Waals surface area contributed by atoms with Gasteiger partial charge in [0.05, 0.1) is 11.1 Å². The maximum atomic E-state index is 11.2. The topological polar surface area (TPSA) is 58.4 Å². The number of carbonyl (C=O) groups is 1. The Morgan fingerprint density at radius 1 is 1.26 bits per heavy atom. The third-order valence-corrected chi connectivity index (χ3v) is 3.67. The zero-order valence-corrected chi connectivity index (χ0v) is 11.0. The van der Waals surface area contributed by atoms with E-state index in [4.69, 9.17) is 0 Å². The average molecular weight is 259 g/mol. The number of imidazole rings is 1. The Bertz CT molecular complexity index is 627. The van der Waals surface area contributed by atoms with E-state index in [9.17, 15) is 9.90 Å². The van der Waals surface area contributed by atoms with Crippen LogP contribution < -0.4 is 5.01 Å². The van der Waals surface area contributed by atoms with Crippen molar-refractivity contribution < 1.29 is 9.90 Å². The molecule has 0 radical (unpaired) electrons. The predicted molar refractivity (Wildman–Crippen MR) is 73.2 cm³/mol. The zero-order chi connectivity index (χ0) is 13.4. The van der Waals surface area contributed by atoms with Crippen LogP contribution in [-0.4, -0.2) is 33.8 Å². The minimum absolute atomic E-state index is 0.274. The molecule has 0 spiro atoms. The van der Waals surface area contributed by atoms with E-state index in [0.29, 0.717) is 5.52 Å². The Labute approximate surface area is 111 Å². The van der Waals surface area contributed by atoms with Gasteiger partial charge in [0.15, 0.2) is 0 Å². The van der Waals surface area contributed by atoms with Crippen molar-refractivity contribution in [2.75, 3.05) is 18.1 Å². The van der Waals surface area contributed by atoms with Gasteiger partial charge in [-0.1, -0.05) is 6.07 Å². The summed E-state index contributed by atoms with van der Waals surface area (Å²) in [5, 5.41) is 11.5. The van der Waals surface area contributed by atoms with Crippen LogP contribution in [0.1, 0.15) is 35.4 Å². The molecule has 3 rings (SSSR count). The smallest absolute Gasteiger partial charge is 0.337 e. The van der Waals surface area contributed by atoms with E-state index in [1.54, 1.807) is 12.1 Å². The lowest BCUT2D eigenvalue weighted by atomic mass is 10.1. The molecule has 1 fully saturated rings. The predicted octanol–water partition coefficient (Wildman–Crippen LogP) is 2.16. The number of para-hydroxylation sites is 1. The van der Waals surface area contributed by atoms with Gasteiger partial charge in [0, 0.05) is 13.1 Å². The first-order valence-corrected chi connectivity index (χ1v) is 6.65. The molecule has 100 valence electrons. The van der Waals surface area contributed by atoms with Crippen molar-refractivity contribution in [1.82, 2.24) is 9.66 Å². The number of aromatic nitrogens is 2. The Morgan fingerprint density at radius 2 is 2.00 bits per heavy atom. The standard InChI is InChI=1S/C14H17N3O2/c1-10-15-13-11(14(18)19)6-5-7-12(13)17(10)16-8-3-2-4-9-16/h5-7H,2-4,8-9H2,1H3,(H,18,19). The van der Waals surface area contributed by atoms with Gasteiger partial charge in [-0.15, -0.1) is 0 Å². The number of aromatic carboxylic acids is 1. The van der Waals surface area contributed by atoms with Crippen molar-refractivity contribution in [2.45, 2.75) is 26.2 Å². The Hall–Kier alpha value is -2.04. The van der Waals surface area contributed by atoms with Gasteiger partial charge in [-0.2, -0.15) is 0 Å². The fourth-order valence-corrected chi connectivity index (χ4v) is 2.81. The van der Waals surface area contributed by atoms with E-state index < -0.39 is 5.97 Å². The molecule has 1 aromatic carbocycles. The number of benzene rings is 1. The maximum absolute atomic E-state index is 11.2. The number of hydrogen-bond acceptors (Lipinski definition) is 3. The van der Waals surface area contributed by atoms with Gasteiger partial charge >= 0.3 is 5.97 Å². The van der Waals surface area contributed by atoms with Crippen molar-refractivity contribution in [3.05, 3.63) is 29.6 Å². The van der Waals surface area contributed by atoms with Gasteiger partial charge in [-0.05, 0) is 38.3 Å². The summed E-state index contributed by atoms with van der Waals surface area (Å²) in [6, 6.07) is 5.33. The highest BCUT2D eigenvalue weighted by Gasteiger charge is 2.19. The molecule has 0 bridgehead atoms. The highest BCUT2D eigenvalue weighted by molar-refractivity contribution is 6.01. The van der Waals surface area contributed by atoms with E-state index in [1.165, 1.54) is 19.3 Å². The number of fused-ring (bicyclic) bond motifs is 1. The molecule has 1 aliphatic heterocycles. The monoisotopic (exact) mass is 259 g/mol. The van der Waals surface area contributed by atoms with Crippen LogP contribution in [-0.2, 0) is 0 Å². The number of hydrogen-bond donors (Lipinski definition) is 1. The molecular weight excluding hydrogens is 242 g/mol. The van der Waals surface area contributed by atoms with Gasteiger partial charge in [0.2, 0.25) is 0 Å².